The lowest BCUT2D eigenvalue weighted by molar-refractivity contribution is 0.0501. The normalized spacial score (nSPS) is 14.6. The largest absolute Gasteiger partial charge is 0.421 e. The number of rotatable bonds is 8. The van der Waals surface area contributed by atoms with Crippen molar-refractivity contribution < 1.29 is 28.2 Å². The smallest absolute Gasteiger partial charge is 0.343 e. The van der Waals surface area contributed by atoms with Gasteiger partial charge in [0, 0.05) is 24.4 Å². The number of nitrogens with zero attached hydrogens (tertiary/aromatic N) is 3. The molecule has 2 aromatic heterocycles. The third-order valence-corrected chi connectivity index (χ3v) is 6.71. The Kier molecular flexibility index (Phi) is 8.57. The number of hydrogen-bond acceptors (Lipinski definition) is 8. The van der Waals surface area contributed by atoms with Crippen LogP contribution in [0.1, 0.15) is 45.3 Å². The van der Waals surface area contributed by atoms with Crippen LogP contribution in [0.25, 0.3) is 0 Å². The molecule has 1 aliphatic heterocycles. The van der Waals surface area contributed by atoms with Crippen molar-refractivity contribution in [2.24, 2.45) is 0 Å². The van der Waals surface area contributed by atoms with E-state index in [1.54, 1.807) is 0 Å². The Balaban J connectivity index is 1.33. The zero-order chi connectivity index (χ0) is 29.8. The highest BCUT2D eigenvalue weighted by Crippen LogP contribution is 2.23. The molecule has 5 rings (SSSR count). The van der Waals surface area contributed by atoms with Crippen molar-refractivity contribution in [2.45, 2.75) is 32.4 Å². The van der Waals surface area contributed by atoms with Crippen molar-refractivity contribution in [1.82, 2.24) is 13.7 Å². The molecule has 1 saturated heterocycles. The number of halogens is 2. The first-order valence-corrected chi connectivity index (χ1v) is 13.1. The van der Waals surface area contributed by atoms with Gasteiger partial charge in [0.1, 0.15) is 13.0 Å². The molecule has 3 heterocycles. The van der Waals surface area contributed by atoms with Crippen LogP contribution in [-0.2, 0) is 22.8 Å². The Morgan fingerprint density at radius 2 is 1.76 bits per heavy atom. The first-order valence-electron chi connectivity index (χ1n) is 12.8. The number of hydrogen-bond donors (Lipinski definition) is 0. The van der Waals surface area contributed by atoms with E-state index in [1.807, 2.05) is 30.3 Å². The molecular weight excluding hydrogens is 573 g/mol. The predicted molar refractivity (Wildman–Crippen MR) is 147 cm³/mol. The molecule has 1 atom stereocenters. The summed E-state index contributed by atoms with van der Waals surface area (Å²) in [5.74, 6) is -3.68. The van der Waals surface area contributed by atoms with E-state index in [9.17, 15) is 28.4 Å². The fraction of sp³-hybridized carbons (Fsp3) is 0.207. The van der Waals surface area contributed by atoms with Crippen molar-refractivity contribution in [3.8, 4) is 5.75 Å². The Labute approximate surface area is 241 Å². The fourth-order valence-corrected chi connectivity index (χ4v) is 4.53. The summed E-state index contributed by atoms with van der Waals surface area (Å²) in [6.07, 6.45) is 2.18. The predicted octanol–water partition coefficient (Wildman–Crippen LogP) is 3.36. The van der Waals surface area contributed by atoms with E-state index < -0.39 is 40.7 Å². The van der Waals surface area contributed by atoms with Gasteiger partial charge in [-0.1, -0.05) is 48.0 Å². The average Bonchev–Trinajstić information content (AvgIpc) is 3.53. The monoisotopic (exact) mass is 595 g/mol. The highest BCUT2D eigenvalue weighted by molar-refractivity contribution is 6.32. The number of carbonyl (C=O) groups excluding carboxylic acids is 2. The van der Waals surface area contributed by atoms with E-state index in [-0.39, 0.29) is 39.8 Å². The second-order valence-corrected chi connectivity index (χ2v) is 9.71. The Morgan fingerprint density at radius 1 is 1.00 bits per heavy atom. The Hall–Kier alpha value is -4.65. The first kappa shape index (κ1) is 28.9. The number of carbonyl (C=O) groups is 2. The lowest BCUT2D eigenvalue weighted by Crippen LogP contribution is -2.46. The van der Waals surface area contributed by atoms with Crippen molar-refractivity contribution in [3.05, 3.63) is 132 Å². The van der Waals surface area contributed by atoms with Gasteiger partial charge >= 0.3 is 11.7 Å². The van der Waals surface area contributed by atoms with Gasteiger partial charge < -0.3 is 14.2 Å². The molecule has 1 unspecified atom stereocenters. The van der Waals surface area contributed by atoms with Crippen LogP contribution in [-0.4, -0.2) is 32.2 Å². The van der Waals surface area contributed by atoms with E-state index in [0.717, 1.165) is 22.3 Å². The van der Waals surface area contributed by atoms with Gasteiger partial charge in [0.2, 0.25) is 5.82 Å². The van der Waals surface area contributed by atoms with E-state index in [2.05, 4.69) is 0 Å². The molecule has 1 fully saturated rings. The van der Waals surface area contributed by atoms with Crippen LogP contribution in [0.2, 0.25) is 5.02 Å². The maximum absolute atomic E-state index is 14.4. The summed E-state index contributed by atoms with van der Waals surface area (Å²) in [6.45, 7) is 0.512. The lowest BCUT2D eigenvalue weighted by atomic mass is 10.1. The van der Waals surface area contributed by atoms with Crippen LogP contribution in [0.4, 0.5) is 4.39 Å². The zero-order valence-electron chi connectivity index (χ0n) is 21.9. The number of ether oxygens (including phenoxy) is 3. The molecular formula is C29H23ClFN3O8. The molecule has 216 valence electrons. The van der Waals surface area contributed by atoms with E-state index in [1.165, 1.54) is 29.0 Å². The molecule has 4 aromatic rings. The van der Waals surface area contributed by atoms with Crippen LogP contribution in [0.15, 0.2) is 87.4 Å². The number of benzene rings is 2. The van der Waals surface area contributed by atoms with Gasteiger partial charge in [-0.2, -0.15) is 8.96 Å². The summed E-state index contributed by atoms with van der Waals surface area (Å²) >= 11 is 6.24. The van der Waals surface area contributed by atoms with Crippen molar-refractivity contribution in [1.29, 1.82) is 0 Å². The minimum Gasteiger partial charge on any atom is -0.421 e. The molecule has 13 heteroatoms. The SMILES string of the molecule is O=C(Oc1cc(=O)n(COCc2ccccc2)cc1Cl)c1cccc(C(=O)n2c(=O)c(F)cn(C3CCCO3)c2=O)c1. The molecule has 0 aliphatic carbocycles. The highest BCUT2D eigenvalue weighted by Gasteiger charge is 2.25. The van der Waals surface area contributed by atoms with Gasteiger partial charge in [-0.05, 0) is 36.6 Å². The van der Waals surface area contributed by atoms with Crippen LogP contribution < -0.4 is 21.5 Å². The van der Waals surface area contributed by atoms with Gasteiger partial charge in [0.05, 0.1) is 23.4 Å². The maximum atomic E-state index is 14.4. The van der Waals surface area contributed by atoms with Crippen molar-refractivity contribution >= 4 is 23.5 Å². The van der Waals surface area contributed by atoms with Crippen LogP contribution in [0, 0.1) is 5.82 Å². The first-order chi connectivity index (χ1) is 20.2. The summed E-state index contributed by atoms with van der Waals surface area (Å²) < 4.78 is 32.9. The second kappa shape index (κ2) is 12.5. The minimum atomic E-state index is -1.44. The molecule has 0 N–H and O–H groups in total. The highest BCUT2D eigenvalue weighted by atomic mass is 35.5. The lowest BCUT2D eigenvalue weighted by Gasteiger charge is -2.15. The molecule has 42 heavy (non-hydrogen) atoms. The van der Waals surface area contributed by atoms with Crippen LogP contribution in [0.5, 0.6) is 5.75 Å². The molecule has 0 amide bonds. The zero-order valence-corrected chi connectivity index (χ0v) is 22.7. The minimum absolute atomic E-state index is 0.0560. The van der Waals surface area contributed by atoms with Gasteiger partial charge in [0.25, 0.3) is 17.0 Å². The molecule has 11 nitrogen and oxygen atoms in total. The third kappa shape index (κ3) is 6.15. The summed E-state index contributed by atoms with van der Waals surface area (Å²) in [5.41, 5.74) is -2.56. The standard InChI is InChI=1S/C29H23ClFN3O8/c30-21-14-32(17-40-16-18-6-2-1-3-7-18)24(35)13-23(21)42-28(38)20-9-4-8-19(12-20)26(36)34-27(37)22(31)15-33(29(34)39)25-10-5-11-41-25/h1-4,6-9,12-15,25H,5,10-11,16-17H2. The molecule has 2 aromatic carbocycles. The molecule has 0 spiro atoms. The fourth-order valence-electron chi connectivity index (χ4n) is 4.32. The summed E-state index contributed by atoms with van der Waals surface area (Å²) in [5, 5.41) is -0.0560. The Bertz CT molecular complexity index is 1830. The topological polar surface area (TPSA) is 128 Å². The van der Waals surface area contributed by atoms with E-state index in [4.69, 9.17) is 25.8 Å². The quantitative estimate of drug-likeness (QED) is 0.284. The summed E-state index contributed by atoms with van der Waals surface area (Å²) in [4.78, 5) is 64.0. The van der Waals surface area contributed by atoms with E-state index in [0.29, 0.717) is 25.6 Å². The maximum Gasteiger partial charge on any atom is 0.343 e. The van der Waals surface area contributed by atoms with Crippen LogP contribution >= 0.6 is 11.6 Å². The van der Waals surface area contributed by atoms with Crippen LogP contribution in [0.3, 0.4) is 0 Å². The second-order valence-electron chi connectivity index (χ2n) is 9.31. The van der Waals surface area contributed by atoms with Crippen molar-refractivity contribution in [3.63, 3.8) is 0 Å². The third-order valence-electron chi connectivity index (χ3n) is 6.42. The average molecular weight is 596 g/mol. The molecule has 0 radical (unpaired) electrons. The summed E-state index contributed by atoms with van der Waals surface area (Å²) in [7, 11) is 0. The van der Waals surface area contributed by atoms with Gasteiger partial charge in [-0.3, -0.25) is 23.5 Å². The van der Waals surface area contributed by atoms with Gasteiger partial charge in [-0.25, -0.2) is 9.59 Å². The van der Waals surface area contributed by atoms with Gasteiger partial charge in [-0.15, -0.1) is 0 Å². The van der Waals surface area contributed by atoms with Crippen molar-refractivity contribution in [2.75, 3.05) is 6.61 Å². The Morgan fingerprint density at radius 3 is 2.50 bits per heavy atom. The molecule has 1 aliphatic rings. The molecule has 0 saturated carbocycles. The van der Waals surface area contributed by atoms with Gasteiger partial charge in [0.15, 0.2) is 5.75 Å². The number of pyridine rings is 1. The van der Waals surface area contributed by atoms with E-state index >= 15 is 0 Å². The number of esters is 1. The number of aromatic nitrogens is 3. The summed E-state index contributed by atoms with van der Waals surface area (Å²) in [6, 6.07) is 15.3. The molecule has 0 bridgehead atoms.